The van der Waals surface area contributed by atoms with Crippen LogP contribution in [0.15, 0.2) is 24.4 Å². The van der Waals surface area contributed by atoms with Gasteiger partial charge in [-0.3, -0.25) is 15.4 Å². The van der Waals surface area contributed by atoms with E-state index in [-0.39, 0.29) is 36.1 Å². The van der Waals surface area contributed by atoms with E-state index in [4.69, 9.17) is 44.3 Å². The van der Waals surface area contributed by atoms with Gasteiger partial charge in [-0.2, -0.15) is 0 Å². The van der Waals surface area contributed by atoms with Crippen LogP contribution in [0.2, 0.25) is 0 Å². The molecule has 0 radical (unpaired) electrons. The lowest BCUT2D eigenvalue weighted by atomic mass is 10.2. The number of alkyl halides is 3. The molecular formula is C16H17Cl3N6O7. The normalized spacial score (nSPS) is 12.0. The molecular weight excluding hydrogens is 495 g/mol. The average Bonchev–Trinajstić information content (AvgIpc) is 3.07. The van der Waals surface area contributed by atoms with Crippen LogP contribution in [0.3, 0.4) is 0 Å². The van der Waals surface area contributed by atoms with Gasteiger partial charge >= 0.3 is 11.9 Å². The summed E-state index contributed by atoms with van der Waals surface area (Å²) in [6.07, 6.45) is -1.39. The molecule has 0 bridgehead atoms. The Morgan fingerprint density at radius 1 is 1.28 bits per heavy atom. The Balaban J connectivity index is 2.07. The Kier molecular flexibility index (Phi) is 8.30. The van der Waals surface area contributed by atoms with Gasteiger partial charge in [0.1, 0.15) is 30.8 Å². The Bertz CT molecular complexity index is 1010. The molecule has 16 heteroatoms. The minimum atomic E-state index is -2.13. The lowest BCUT2D eigenvalue weighted by Gasteiger charge is -2.26. The maximum absolute atomic E-state index is 12.2. The molecule has 32 heavy (non-hydrogen) atoms. The average molecular weight is 512 g/mol. The number of benzene rings is 1. The maximum atomic E-state index is 12.2. The molecule has 0 aliphatic rings. The number of nitro groups is 2. The SMILES string of the molecule is COc1ccc(NC(NC(=O)OCCn2c([N+](=O)[O-])cnc2C)C(Cl)(Cl)Cl)c([N+](=O)[O-])c1. The number of aryl methyl sites for hydroxylation is 1. The van der Waals surface area contributed by atoms with E-state index in [1.54, 1.807) is 6.92 Å². The number of anilines is 1. The van der Waals surface area contributed by atoms with Crippen molar-refractivity contribution in [2.75, 3.05) is 19.0 Å². The Labute approximate surface area is 195 Å². The maximum Gasteiger partial charge on any atom is 0.409 e. The molecule has 2 rings (SSSR count). The predicted molar refractivity (Wildman–Crippen MR) is 115 cm³/mol. The van der Waals surface area contributed by atoms with Gasteiger partial charge in [-0.05, 0) is 17.1 Å². The van der Waals surface area contributed by atoms with Crippen LogP contribution in [-0.4, -0.2) is 49.2 Å². The van der Waals surface area contributed by atoms with Crippen LogP contribution < -0.4 is 15.4 Å². The largest absolute Gasteiger partial charge is 0.496 e. The van der Waals surface area contributed by atoms with E-state index < -0.39 is 25.9 Å². The Morgan fingerprint density at radius 2 is 1.97 bits per heavy atom. The highest BCUT2D eigenvalue weighted by Gasteiger charge is 2.36. The van der Waals surface area contributed by atoms with Crippen molar-refractivity contribution < 1.29 is 24.1 Å². The molecule has 1 aromatic carbocycles. The number of nitro benzene ring substituents is 1. The number of halogens is 3. The van der Waals surface area contributed by atoms with Crippen LogP contribution in [0.1, 0.15) is 5.82 Å². The molecule has 1 amide bonds. The second-order valence-corrected chi connectivity index (χ2v) is 8.48. The van der Waals surface area contributed by atoms with Crippen LogP contribution in [0.5, 0.6) is 5.75 Å². The molecule has 13 nitrogen and oxygen atoms in total. The zero-order chi connectivity index (χ0) is 24.1. The molecule has 2 aromatic rings. The summed E-state index contributed by atoms with van der Waals surface area (Å²) < 4.78 is 9.06. The number of amides is 1. The topological polar surface area (TPSA) is 164 Å². The standard InChI is InChI=1S/C16H17Cl3N6O7/c1-9-20-8-13(25(29)30)23(9)5-6-32-15(26)22-14(16(17,18)19)21-11-4-3-10(31-2)7-12(11)24(27)28/h3-4,7-8,14,21H,5-6H2,1-2H3,(H,22,26). The number of imidazole rings is 1. The molecule has 1 atom stereocenters. The summed E-state index contributed by atoms with van der Waals surface area (Å²) in [4.78, 5) is 37.1. The summed E-state index contributed by atoms with van der Waals surface area (Å²) in [5.41, 5.74) is -0.446. The van der Waals surface area contributed by atoms with Crippen LogP contribution in [0.4, 0.5) is 22.0 Å². The van der Waals surface area contributed by atoms with Crippen molar-refractivity contribution in [3.8, 4) is 5.75 Å². The molecule has 0 saturated heterocycles. The van der Waals surface area contributed by atoms with Crippen LogP contribution in [0.25, 0.3) is 0 Å². The zero-order valence-electron chi connectivity index (χ0n) is 16.6. The van der Waals surface area contributed by atoms with E-state index in [0.29, 0.717) is 5.82 Å². The molecule has 0 spiro atoms. The highest BCUT2D eigenvalue weighted by Crippen LogP contribution is 2.35. The molecule has 0 saturated carbocycles. The summed E-state index contributed by atoms with van der Waals surface area (Å²) in [7, 11) is 1.34. The highest BCUT2D eigenvalue weighted by molar-refractivity contribution is 6.68. The minimum Gasteiger partial charge on any atom is -0.496 e. The fourth-order valence-corrected chi connectivity index (χ4v) is 2.86. The van der Waals surface area contributed by atoms with Gasteiger partial charge in [-0.1, -0.05) is 34.8 Å². The van der Waals surface area contributed by atoms with Crippen molar-refractivity contribution >= 4 is 58.1 Å². The number of alkyl carbamates (subject to hydrolysis) is 1. The first kappa shape index (κ1) is 25.2. The molecule has 0 aliphatic carbocycles. The molecule has 1 heterocycles. The first-order valence-corrected chi connectivity index (χ1v) is 9.83. The summed E-state index contributed by atoms with van der Waals surface area (Å²) in [5, 5.41) is 27.2. The molecule has 174 valence electrons. The highest BCUT2D eigenvalue weighted by atomic mass is 35.6. The number of methoxy groups -OCH3 is 1. The van der Waals surface area contributed by atoms with Gasteiger partial charge in [-0.25, -0.2) is 14.3 Å². The third-order valence-electron chi connectivity index (χ3n) is 4.06. The van der Waals surface area contributed by atoms with Gasteiger partial charge in [0.15, 0.2) is 12.0 Å². The summed E-state index contributed by atoms with van der Waals surface area (Å²) in [6.45, 7) is 1.24. The third-order valence-corrected chi connectivity index (χ3v) is 4.71. The Morgan fingerprint density at radius 3 is 2.53 bits per heavy atom. The zero-order valence-corrected chi connectivity index (χ0v) is 18.8. The van der Waals surface area contributed by atoms with E-state index in [9.17, 15) is 25.0 Å². The van der Waals surface area contributed by atoms with Gasteiger partial charge in [0.25, 0.3) is 5.69 Å². The number of nitrogens with zero attached hydrogens (tertiary/aromatic N) is 4. The monoisotopic (exact) mass is 510 g/mol. The van der Waals surface area contributed by atoms with E-state index in [1.807, 2.05) is 0 Å². The van der Waals surface area contributed by atoms with Gasteiger partial charge in [0.05, 0.1) is 18.1 Å². The molecule has 1 unspecified atom stereocenters. The number of hydrogen-bond donors (Lipinski definition) is 2. The minimum absolute atomic E-state index is 0.0502. The van der Waals surface area contributed by atoms with Crippen molar-refractivity contribution in [1.29, 1.82) is 0 Å². The van der Waals surface area contributed by atoms with Crippen LogP contribution in [-0.2, 0) is 11.3 Å². The molecule has 1 aromatic heterocycles. The molecule has 2 N–H and O–H groups in total. The number of nitrogens with one attached hydrogen (secondary N) is 2. The number of rotatable bonds is 9. The van der Waals surface area contributed by atoms with E-state index in [2.05, 4.69) is 15.6 Å². The number of carbonyl (C=O) groups is 1. The van der Waals surface area contributed by atoms with Gasteiger partial charge in [-0.15, -0.1) is 0 Å². The van der Waals surface area contributed by atoms with E-state index >= 15 is 0 Å². The fourth-order valence-electron chi connectivity index (χ4n) is 2.53. The smallest absolute Gasteiger partial charge is 0.409 e. The van der Waals surface area contributed by atoms with Gasteiger partial charge < -0.3 is 24.9 Å². The van der Waals surface area contributed by atoms with Crippen molar-refractivity contribution in [2.24, 2.45) is 0 Å². The number of aromatic nitrogens is 2. The summed E-state index contributed by atoms with van der Waals surface area (Å²) in [6, 6.07) is 3.90. The van der Waals surface area contributed by atoms with Crippen LogP contribution >= 0.6 is 34.8 Å². The van der Waals surface area contributed by atoms with Crippen molar-refractivity contribution in [2.45, 2.75) is 23.4 Å². The first-order valence-electron chi connectivity index (χ1n) is 8.69. The quantitative estimate of drug-likeness (QED) is 0.222. The fraction of sp³-hybridized carbons (Fsp3) is 0.375. The summed E-state index contributed by atoms with van der Waals surface area (Å²) in [5.74, 6) is 0.316. The first-order chi connectivity index (χ1) is 14.9. The van der Waals surface area contributed by atoms with Crippen molar-refractivity contribution in [3.05, 3.63) is 50.4 Å². The molecule has 0 fully saturated rings. The predicted octanol–water partition coefficient (Wildman–Crippen LogP) is 3.55. The number of ether oxygens (including phenoxy) is 2. The third kappa shape index (κ3) is 6.48. The second kappa shape index (κ2) is 10.5. The van der Waals surface area contributed by atoms with Crippen molar-refractivity contribution in [1.82, 2.24) is 14.9 Å². The molecule has 0 aliphatic heterocycles. The van der Waals surface area contributed by atoms with E-state index in [0.717, 1.165) is 12.3 Å². The number of carbonyl (C=O) groups excluding carboxylic acids is 1. The van der Waals surface area contributed by atoms with Crippen molar-refractivity contribution in [3.63, 3.8) is 0 Å². The summed E-state index contributed by atoms with van der Waals surface area (Å²) >= 11 is 17.7. The lowest BCUT2D eigenvalue weighted by molar-refractivity contribution is -0.392. The van der Waals surface area contributed by atoms with E-state index in [1.165, 1.54) is 23.8 Å². The van der Waals surface area contributed by atoms with Crippen LogP contribution in [0, 0.1) is 27.2 Å². The van der Waals surface area contributed by atoms with Gasteiger partial charge in [0.2, 0.25) is 3.79 Å². The lowest BCUT2D eigenvalue weighted by Crippen LogP contribution is -2.49. The Hall–Kier alpha value is -3.03. The second-order valence-electron chi connectivity index (χ2n) is 6.11. The number of hydrogen-bond acceptors (Lipinski definition) is 9. The van der Waals surface area contributed by atoms with Gasteiger partial charge in [0, 0.05) is 6.92 Å².